The molecule has 0 fully saturated rings. The van der Waals surface area contributed by atoms with Crippen LogP contribution >= 0.6 is 22.6 Å². The quantitative estimate of drug-likeness (QED) is 0.482. The fourth-order valence-corrected chi connectivity index (χ4v) is 2.09. The van der Waals surface area contributed by atoms with Crippen molar-refractivity contribution in [2.75, 3.05) is 7.11 Å². The predicted molar refractivity (Wildman–Crippen MR) is 83.2 cm³/mol. The Hall–Kier alpha value is -1.02. The van der Waals surface area contributed by atoms with E-state index in [1.165, 1.54) is 7.11 Å². The number of benzene rings is 1. The maximum absolute atomic E-state index is 11.7. The second-order valence-corrected chi connectivity index (χ2v) is 6.43. The van der Waals surface area contributed by atoms with Crippen molar-refractivity contribution in [2.45, 2.75) is 39.4 Å². The molecule has 1 aromatic carbocycles. The van der Waals surface area contributed by atoms with Gasteiger partial charge in [-0.2, -0.15) is 0 Å². The summed E-state index contributed by atoms with van der Waals surface area (Å²) >= 11 is 2.02. The van der Waals surface area contributed by atoms with E-state index in [-0.39, 0.29) is 0 Å². The third kappa shape index (κ3) is 4.82. The largest absolute Gasteiger partial charge is 0.514 e. The van der Waals surface area contributed by atoms with Crippen LogP contribution in [0, 0.1) is 3.57 Å². The Morgan fingerprint density at radius 3 is 2.35 bits per heavy atom. The zero-order valence-electron chi connectivity index (χ0n) is 12.2. The molecule has 0 saturated carbocycles. The van der Waals surface area contributed by atoms with Crippen LogP contribution in [0.15, 0.2) is 12.1 Å². The minimum Gasteiger partial charge on any atom is -0.496 e. The van der Waals surface area contributed by atoms with Gasteiger partial charge in [0, 0.05) is 11.6 Å². The van der Waals surface area contributed by atoms with Gasteiger partial charge >= 0.3 is 6.16 Å². The monoisotopic (exact) mass is 394 g/mol. The third-order valence-electron chi connectivity index (χ3n) is 2.32. The molecular formula is C14H19IO5. The lowest BCUT2D eigenvalue weighted by molar-refractivity contribution is 0.0204. The second-order valence-electron chi connectivity index (χ2n) is 5.27. The highest BCUT2D eigenvalue weighted by molar-refractivity contribution is 14.1. The molecule has 0 amide bonds. The van der Waals surface area contributed by atoms with Gasteiger partial charge in [0.1, 0.15) is 11.4 Å². The first-order valence-electron chi connectivity index (χ1n) is 6.10. The molecule has 0 aliphatic rings. The molecule has 0 aliphatic carbocycles. The minimum atomic E-state index is -0.776. The number of aliphatic hydroxyl groups excluding tert-OH is 1. The fourth-order valence-electron chi connectivity index (χ4n) is 1.49. The Morgan fingerprint density at radius 1 is 1.30 bits per heavy atom. The van der Waals surface area contributed by atoms with Gasteiger partial charge < -0.3 is 19.3 Å². The van der Waals surface area contributed by atoms with Crippen molar-refractivity contribution in [3.05, 3.63) is 21.3 Å². The van der Waals surface area contributed by atoms with Gasteiger partial charge in [-0.05, 0) is 56.4 Å². The van der Waals surface area contributed by atoms with E-state index in [4.69, 9.17) is 14.2 Å². The van der Waals surface area contributed by atoms with E-state index in [2.05, 4.69) is 0 Å². The van der Waals surface area contributed by atoms with Gasteiger partial charge in [0.25, 0.3) is 0 Å². The first-order valence-corrected chi connectivity index (χ1v) is 7.18. The highest BCUT2D eigenvalue weighted by atomic mass is 127. The predicted octanol–water partition coefficient (Wildman–Crippen LogP) is 3.67. The molecule has 5 nitrogen and oxygen atoms in total. The molecule has 112 valence electrons. The molecule has 0 radical (unpaired) electrons. The zero-order chi connectivity index (χ0) is 15.5. The second kappa shape index (κ2) is 6.62. The molecule has 20 heavy (non-hydrogen) atoms. The number of ether oxygens (including phenoxy) is 3. The van der Waals surface area contributed by atoms with Gasteiger partial charge in [-0.3, -0.25) is 0 Å². The van der Waals surface area contributed by atoms with Gasteiger partial charge in [0.15, 0.2) is 5.75 Å². The van der Waals surface area contributed by atoms with Gasteiger partial charge in [0.05, 0.1) is 16.8 Å². The molecule has 0 aromatic heterocycles. The van der Waals surface area contributed by atoms with Crippen molar-refractivity contribution >= 4 is 28.7 Å². The summed E-state index contributed by atoms with van der Waals surface area (Å²) in [5.74, 6) is 0.792. The molecule has 0 saturated heterocycles. The summed E-state index contributed by atoms with van der Waals surface area (Å²) in [7, 11) is 1.49. The van der Waals surface area contributed by atoms with Crippen LogP contribution in [0.5, 0.6) is 11.5 Å². The van der Waals surface area contributed by atoms with Crippen molar-refractivity contribution in [1.82, 2.24) is 0 Å². The molecule has 1 rings (SSSR count). The first kappa shape index (κ1) is 17.0. The number of hydrogen-bond acceptors (Lipinski definition) is 5. The van der Waals surface area contributed by atoms with Crippen LogP contribution in [0.1, 0.15) is 39.4 Å². The van der Waals surface area contributed by atoms with E-state index in [1.54, 1.807) is 39.8 Å². The smallest absolute Gasteiger partial charge is 0.496 e. The van der Waals surface area contributed by atoms with Crippen molar-refractivity contribution in [3.8, 4) is 11.5 Å². The normalized spacial score (nSPS) is 12.8. The topological polar surface area (TPSA) is 65.0 Å². The highest BCUT2D eigenvalue weighted by Crippen LogP contribution is 2.34. The number of aliphatic hydroxyl groups is 1. The summed E-state index contributed by atoms with van der Waals surface area (Å²) in [4.78, 5) is 11.7. The number of halogens is 1. The number of carbonyl (C=O) groups is 1. The van der Waals surface area contributed by atoms with Crippen LogP contribution in [-0.2, 0) is 4.74 Å². The highest BCUT2D eigenvalue weighted by Gasteiger charge is 2.20. The Morgan fingerprint density at radius 2 is 1.90 bits per heavy atom. The maximum atomic E-state index is 11.7. The third-order valence-corrected chi connectivity index (χ3v) is 3.16. The Bertz CT molecular complexity index is 491. The molecule has 1 aromatic rings. The zero-order valence-corrected chi connectivity index (χ0v) is 14.3. The average Bonchev–Trinajstić information content (AvgIpc) is 2.28. The van der Waals surface area contributed by atoms with Crippen LogP contribution in [0.4, 0.5) is 4.79 Å². The van der Waals surface area contributed by atoms with E-state index >= 15 is 0 Å². The fraction of sp³-hybridized carbons (Fsp3) is 0.500. The summed E-state index contributed by atoms with van der Waals surface area (Å²) in [5.41, 5.74) is 0.0139. The summed E-state index contributed by atoms with van der Waals surface area (Å²) in [6, 6.07) is 3.28. The van der Waals surface area contributed by atoms with E-state index in [0.29, 0.717) is 20.6 Å². The number of hydrogen-bond donors (Lipinski definition) is 1. The lowest BCUT2D eigenvalue weighted by Crippen LogP contribution is -2.26. The summed E-state index contributed by atoms with van der Waals surface area (Å²) in [6.45, 7) is 6.92. The maximum Gasteiger partial charge on any atom is 0.514 e. The molecular weight excluding hydrogens is 375 g/mol. The van der Waals surface area contributed by atoms with Crippen LogP contribution in [0.25, 0.3) is 0 Å². The van der Waals surface area contributed by atoms with Crippen LogP contribution < -0.4 is 9.47 Å². The number of rotatable bonds is 3. The SMILES string of the molecule is COc1cc(OC(=O)OC(C)(C)C)c(I)cc1C(C)O. The Kier molecular flexibility index (Phi) is 5.64. The molecule has 1 N–H and O–H groups in total. The van der Waals surface area contributed by atoms with Crippen LogP contribution in [0.3, 0.4) is 0 Å². The van der Waals surface area contributed by atoms with E-state index in [1.807, 2.05) is 22.6 Å². The Balaban J connectivity index is 2.99. The van der Waals surface area contributed by atoms with E-state index in [0.717, 1.165) is 0 Å². The number of carbonyl (C=O) groups excluding carboxylic acids is 1. The molecule has 0 aliphatic heterocycles. The van der Waals surface area contributed by atoms with Gasteiger partial charge in [0.2, 0.25) is 0 Å². The molecule has 1 atom stereocenters. The number of methoxy groups -OCH3 is 1. The summed E-state index contributed by atoms with van der Waals surface area (Å²) < 4.78 is 16.1. The van der Waals surface area contributed by atoms with Crippen LogP contribution in [-0.4, -0.2) is 24.0 Å². The first-order chi connectivity index (χ1) is 9.14. The molecule has 0 heterocycles. The van der Waals surface area contributed by atoms with Gasteiger partial charge in [-0.1, -0.05) is 0 Å². The van der Waals surface area contributed by atoms with Gasteiger partial charge in [-0.15, -0.1) is 0 Å². The summed E-state index contributed by atoms with van der Waals surface area (Å²) in [5, 5.41) is 9.67. The standard InChI is InChI=1S/C14H19IO5/c1-8(16)9-6-10(15)12(7-11(9)18-5)19-13(17)20-14(2,3)4/h6-8,16H,1-5H3. The summed E-state index contributed by atoms with van der Waals surface area (Å²) in [6.07, 6.45) is -1.45. The van der Waals surface area contributed by atoms with Crippen molar-refractivity contribution in [3.63, 3.8) is 0 Å². The van der Waals surface area contributed by atoms with Crippen molar-refractivity contribution in [1.29, 1.82) is 0 Å². The van der Waals surface area contributed by atoms with Crippen molar-refractivity contribution < 1.29 is 24.1 Å². The Labute approximate surface area is 132 Å². The lowest BCUT2D eigenvalue weighted by Gasteiger charge is -2.19. The van der Waals surface area contributed by atoms with E-state index < -0.39 is 17.9 Å². The van der Waals surface area contributed by atoms with Crippen molar-refractivity contribution in [2.24, 2.45) is 0 Å². The minimum absolute atomic E-state index is 0.334. The van der Waals surface area contributed by atoms with Gasteiger partial charge in [-0.25, -0.2) is 4.79 Å². The molecule has 6 heteroatoms. The molecule has 1 unspecified atom stereocenters. The molecule has 0 bridgehead atoms. The molecule has 0 spiro atoms. The lowest BCUT2D eigenvalue weighted by atomic mass is 10.1. The average molecular weight is 394 g/mol. The van der Waals surface area contributed by atoms with Crippen LogP contribution in [0.2, 0.25) is 0 Å². The van der Waals surface area contributed by atoms with E-state index in [9.17, 15) is 9.90 Å².